The number of aryl methyl sites for hydroxylation is 1. The summed E-state index contributed by atoms with van der Waals surface area (Å²) in [5.41, 5.74) is 0. The van der Waals surface area contributed by atoms with E-state index in [9.17, 15) is 0 Å². The number of anilines is 1. The summed E-state index contributed by atoms with van der Waals surface area (Å²) in [5.74, 6) is 1.63. The van der Waals surface area contributed by atoms with Crippen LogP contribution in [0.15, 0.2) is 0 Å². The minimum Gasteiger partial charge on any atom is -0.378 e. The topological polar surface area (TPSA) is 47.0 Å². The van der Waals surface area contributed by atoms with Gasteiger partial charge in [-0.15, -0.1) is 0 Å². The fraction of sp³-hybridized carbons (Fsp3) is 0.833. The predicted molar refractivity (Wildman–Crippen MR) is 68.4 cm³/mol. The third-order valence-electron chi connectivity index (χ3n) is 3.87. The van der Waals surface area contributed by atoms with Crippen molar-refractivity contribution in [2.24, 2.45) is 5.92 Å². The van der Waals surface area contributed by atoms with E-state index < -0.39 is 0 Å². The molecular weight excluding hydrogens is 234 g/mol. The number of nitrogens with zero attached hydrogens (tertiary/aromatic N) is 2. The number of nitrogens with one attached hydrogen (secondary N) is 1. The zero-order valence-electron chi connectivity index (χ0n) is 10.2. The van der Waals surface area contributed by atoms with Crippen molar-refractivity contribution in [2.75, 3.05) is 11.9 Å². The number of fused-ring (bicyclic) bond motifs is 1. The summed E-state index contributed by atoms with van der Waals surface area (Å²) in [6.45, 7) is 3.02. The van der Waals surface area contributed by atoms with Crippen LogP contribution in [0.5, 0.6) is 0 Å². The lowest BCUT2D eigenvalue weighted by atomic mass is 9.82. The molecule has 1 aliphatic carbocycles. The molecule has 17 heavy (non-hydrogen) atoms. The Morgan fingerprint density at radius 2 is 2.35 bits per heavy atom. The van der Waals surface area contributed by atoms with Gasteiger partial charge in [-0.3, -0.25) is 0 Å². The molecule has 4 nitrogen and oxygen atoms in total. The normalized spacial score (nSPS) is 32.4. The van der Waals surface area contributed by atoms with E-state index in [1.165, 1.54) is 37.2 Å². The van der Waals surface area contributed by atoms with Crippen molar-refractivity contribution < 1.29 is 4.74 Å². The number of rotatable bonds is 3. The summed E-state index contributed by atoms with van der Waals surface area (Å²) in [4.78, 5) is 4.49. The van der Waals surface area contributed by atoms with E-state index >= 15 is 0 Å². The summed E-state index contributed by atoms with van der Waals surface area (Å²) in [6, 6.07) is 0.536. The van der Waals surface area contributed by atoms with E-state index in [-0.39, 0.29) is 0 Å². The molecule has 1 aromatic heterocycles. The van der Waals surface area contributed by atoms with Crippen LogP contribution in [0.4, 0.5) is 5.13 Å². The average Bonchev–Trinajstić information content (AvgIpc) is 2.97. The van der Waals surface area contributed by atoms with E-state index in [4.69, 9.17) is 4.74 Å². The summed E-state index contributed by atoms with van der Waals surface area (Å²) in [7, 11) is 0. The first-order chi connectivity index (χ1) is 8.36. The fourth-order valence-corrected chi connectivity index (χ4v) is 3.68. The van der Waals surface area contributed by atoms with Crippen molar-refractivity contribution in [1.29, 1.82) is 0 Å². The summed E-state index contributed by atoms with van der Waals surface area (Å²) in [6.07, 6.45) is 6.34. The molecule has 3 atom stereocenters. The fourth-order valence-electron chi connectivity index (χ4n) is 2.97. The van der Waals surface area contributed by atoms with Crippen LogP contribution in [0.1, 0.15) is 38.4 Å². The Hall–Kier alpha value is -0.680. The Kier molecular flexibility index (Phi) is 3.29. The highest BCUT2D eigenvalue weighted by molar-refractivity contribution is 7.09. The summed E-state index contributed by atoms with van der Waals surface area (Å²) >= 11 is 1.49. The van der Waals surface area contributed by atoms with Crippen molar-refractivity contribution in [1.82, 2.24) is 9.36 Å². The maximum atomic E-state index is 5.78. The molecule has 3 rings (SSSR count). The van der Waals surface area contributed by atoms with Gasteiger partial charge in [-0.05, 0) is 25.7 Å². The minimum absolute atomic E-state index is 0.486. The van der Waals surface area contributed by atoms with Gasteiger partial charge in [0.1, 0.15) is 5.82 Å². The van der Waals surface area contributed by atoms with Crippen LogP contribution in [0, 0.1) is 5.92 Å². The van der Waals surface area contributed by atoms with Gasteiger partial charge in [-0.1, -0.05) is 6.92 Å². The van der Waals surface area contributed by atoms with E-state index in [0.29, 0.717) is 18.1 Å². The van der Waals surface area contributed by atoms with E-state index in [1.807, 2.05) is 0 Å². The molecule has 0 bridgehead atoms. The second-order valence-electron chi connectivity index (χ2n) is 4.91. The van der Waals surface area contributed by atoms with Crippen molar-refractivity contribution >= 4 is 16.7 Å². The largest absolute Gasteiger partial charge is 0.378 e. The Bertz CT molecular complexity index is 382. The molecule has 0 spiro atoms. The molecule has 1 aromatic rings. The van der Waals surface area contributed by atoms with Crippen LogP contribution in [0.25, 0.3) is 0 Å². The second kappa shape index (κ2) is 4.90. The van der Waals surface area contributed by atoms with Crippen molar-refractivity contribution in [3.8, 4) is 0 Å². The third-order valence-corrected chi connectivity index (χ3v) is 4.56. The Morgan fingerprint density at radius 3 is 3.18 bits per heavy atom. The molecule has 5 heteroatoms. The number of hydrogen-bond donors (Lipinski definition) is 1. The molecule has 1 aliphatic heterocycles. The standard InChI is InChI=1S/C12H19N3OS/c1-2-11-14-12(17-15-11)13-9-4-3-5-10-8(9)6-7-16-10/h8-10H,2-7H2,1H3,(H,13,14,15)/t8-,9-,10-/m1/s1. The zero-order valence-corrected chi connectivity index (χ0v) is 11.0. The molecule has 2 aliphatic rings. The molecule has 1 N–H and O–H groups in total. The Balaban J connectivity index is 1.67. The van der Waals surface area contributed by atoms with Gasteiger partial charge in [0.15, 0.2) is 0 Å². The first-order valence-corrected chi connectivity index (χ1v) is 7.35. The van der Waals surface area contributed by atoms with Crippen LogP contribution < -0.4 is 5.32 Å². The van der Waals surface area contributed by atoms with Crippen LogP contribution in [0.3, 0.4) is 0 Å². The maximum absolute atomic E-state index is 5.78. The third kappa shape index (κ3) is 2.31. The molecule has 0 unspecified atom stereocenters. The minimum atomic E-state index is 0.486. The van der Waals surface area contributed by atoms with Gasteiger partial charge in [0.2, 0.25) is 5.13 Å². The van der Waals surface area contributed by atoms with E-state index in [0.717, 1.165) is 24.0 Å². The zero-order chi connectivity index (χ0) is 11.7. The maximum Gasteiger partial charge on any atom is 0.202 e. The lowest BCUT2D eigenvalue weighted by Gasteiger charge is -2.32. The molecule has 0 aromatic carbocycles. The Morgan fingerprint density at radius 1 is 1.41 bits per heavy atom. The van der Waals surface area contributed by atoms with Gasteiger partial charge in [0, 0.05) is 36.5 Å². The van der Waals surface area contributed by atoms with Gasteiger partial charge in [-0.2, -0.15) is 4.37 Å². The van der Waals surface area contributed by atoms with E-state index in [1.54, 1.807) is 0 Å². The van der Waals surface area contributed by atoms with Crippen LogP contribution in [-0.2, 0) is 11.2 Å². The van der Waals surface area contributed by atoms with Gasteiger partial charge < -0.3 is 10.1 Å². The van der Waals surface area contributed by atoms with E-state index in [2.05, 4.69) is 21.6 Å². The molecule has 2 heterocycles. The molecule has 1 saturated heterocycles. The first-order valence-electron chi connectivity index (χ1n) is 6.57. The Labute approximate surface area is 106 Å². The lowest BCUT2D eigenvalue weighted by Crippen LogP contribution is -2.38. The summed E-state index contributed by atoms with van der Waals surface area (Å²) in [5, 5.41) is 4.56. The SMILES string of the molecule is CCc1nsc(N[C@@H]2CCC[C@H]3OCC[C@H]23)n1. The van der Waals surface area contributed by atoms with Crippen LogP contribution in [0.2, 0.25) is 0 Å². The molecular formula is C12H19N3OS. The van der Waals surface area contributed by atoms with Gasteiger partial charge in [-0.25, -0.2) is 4.98 Å². The van der Waals surface area contributed by atoms with Crippen molar-refractivity contribution in [2.45, 2.75) is 51.2 Å². The van der Waals surface area contributed by atoms with Crippen molar-refractivity contribution in [3.05, 3.63) is 5.82 Å². The number of ether oxygens (including phenoxy) is 1. The highest BCUT2D eigenvalue weighted by atomic mass is 32.1. The predicted octanol–water partition coefficient (Wildman–Crippen LogP) is 2.47. The van der Waals surface area contributed by atoms with Gasteiger partial charge >= 0.3 is 0 Å². The molecule has 2 fully saturated rings. The van der Waals surface area contributed by atoms with Crippen LogP contribution >= 0.6 is 11.5 Å². The average molecular weight is 253 g/mol. The first kappa shape index (κ1) is 11.4. The molecule has 0 radical (unpaired) electrons. The lowest BCUT2D eigenvalue weighted by molar-refractivity contribution is 0.0620. The number of aromatic nitrogens is 2. The quantitative estimate of drug-likeness (QED) is 0.899. The smallest absolute Gasteiger partial charge is 0.202 e. The van der Waals surface area contributed by atoms with Gasteiger partial charge in [0.05, 0.1) is 6.10 Å². The molecule has 94 valence electrons. The molecule has 1 saturated carbocycles. The second-order valence-corrected chi connectivity index (χ2v) is 5.66. The summed E-state index contributed by atoms with van der Waals surface area (Å²) < 4.78 is 10.1. The monoisotopic (exact) mass is 253 g/mol. The van der Waals surface area contributed by atoms with Crippen molar-refractivity contribution in [3.63, 3.8) is 0 Å². The highest BCUT2D eigenvalue weighted by Crippen LogP contribution is 2.36. The van der Waals surface area contributed by atoms with Crippen LogP contribution in [-0.4, -0.2) is 28.1 Å². The van der Waals surface area contributed by atoms with Gasteiger partial charge in [0.25, 0.3) is 0 Å². The highest BCUT2D eigenvalue weighted by Gasteiger charge is 2.37. The molecule has 0 amide bonds. The number of hydrogen-bond acceptors (Lipinski definition) is 5.